The van der Waals surface area contributed by atoms with E-state index in [9.17, 15) is 19.2 Å². The molecule has 0 spiro atoms. The van der Waals surface area contributed by atoms with Crippen molar-refractivity contribution in [3.63, 3.8) is 0 Å². The number of rotatable bonds is 6. The van der Waals surface area contributed by atoms with Crippen molar-refractivity contribution in [2.75, 3.05) is 22.6 Å². The highest BCUT2D eigenvalue weighted by molar-refractivity contribution is 6.53. The van der Waals surface area contributed by atoms with Gasteiger partial charge in [0, 0.05) is 16.9 Å². The van der Waals surface area contributed by atoms with Crippen LogP contribution in [0.5, 0.6) is 0 Å². The number of aryl methyl sites for hydroxylation is 1. The molecule has 0 fully saturated rings. The molecule has 0 unspecified atom stereocenters. The minimum atomic E-state index is -0.605. The van der Waals surface area contributed by atoms with E-state index in [2.05, 4.69) is 15.4 Å². The van der Waals surface area contributed by atoms with E-state index in [0.717, 1.165) is 16.0 Å². The van der Waals surface area contributed by atoms with Gasteiger partial charge in [0.1, 0.15) is 10.7 Å². The minimum absolute atomic E-state index is 0.0366. The number of hydrogen-bond acceptors (Lipinski definition) is 6. The molecule has 3 aromatic rings. The van der Waals surface area contributed by atoms with E-state index in [-0.39, 0.29) is 16.6 Å². The largest absolute Gasteiger partial charge is 0.465 e. The Hall–Kier alpha value is -4.43. The molecule has 2 N–H and O–H groups in total. The summed E-state index contributed by atoms with van der Waals surface area (Å²) in [5.41, 5.74) is 3.91. The second kappa shape index (κ2) is 10.1. The zero-order valence-electron chi connectivity index (χ0n) is 19.7. The van der Waals surface area contributed by atoms with Crippen LogP contribution in [0.25, 0.3) is 0 Å². The first-order valence-corrected chi connectivity index (χ1v) is 11.3. The Balaban J connectivity index is 1.46. The van der Waals surface area contributed by atoms with Gasteiger partial charge in [0.25, 0.3) is 17.7 Å². The molecule has 4 rings (SSSR count). The van der Waals surface area contributed by atoms with Crippen molar-refractivity contribution < 1.29 is 23.9 Å². The predicted molar refractivity (Wildman–Crippen MR) is 137 cm³/mol. The summed E-state index contributed by atoms with van der Waals surface area (Å²) in [6, 6.07) is 18.0. The van der Waals surface area contributed by atoms with Crippen LogP contribution in [-0.4, -0.2) is 30.8 Å². The summed E-state index contributed by atoms with van der Waals surface area (Å²) in [5.74, 6) is -1.99. The Morgan fingerprint density at radius 2 is 1.44 bits per heavy atom. The average molecular weight is 504 g/mol. The smallest absolute Gasteiger partial charge is 0.337 e. The molecule has 0 aliphatic carbocycles. The predicted octanol–water partition coefficient (Wildman–Crippen LogP) is 4.78. The van der Waals surface area contributed by atoms with Crippen molar-refractivity contribution in [1.82, 2.24) is 0 Å². The summed E-state index contributed by atoms with van der Waals surface area (Å²) in [6.45, 7) is 3.73. The van der Waals surface area contributed by atoms with E-state index in [1.165, 1.54) is 7.11 Å². The van der Waals surface area contributed by atoms with Crippen LogP contribution in [-0.2, 0) is 14.3 Å². The van der Waals surface area contributed by atoms with Crippen LogP contribution >= 0.6 is 11.6 Å². The molecule has 1 aliphatic heterocycles. The molecular formula is C27H22ClN3O5. The lowest BCUT2D eigenvalue weighted by atomic mass is 10.1. The van der Waals surface area contributed by atoms with Crippen molar-refractivity contribution in [3.8, 4) is 0 Å². The Bertz CT molecular complexity index is 1410. The standard InChI is InChI=1S/C27H22ClN3O5/c1-15-5-4-6-21(16(15)2)31-25(33)22(28)23(26(31)34)29-19-11-7-17(8-12-19)24(32)30-20-13-9-18(10-14-20)27(35)36-3/h4-14,29H,1-3H3,(H,30,32). The van der Waals surface area contributed by atoms with E-state index < -0.39 is 17.8 Å². The third-order valence-electron chi connectivity index (χ3n) is 5.82. The fraction of sp³-hybridized carbons (Fsp3) is 0.111. The maximum atomic E-state index is 13.1. The van der Waals surface area contributed by atoms with Gasteiger partial charge in [-0.05, 0) is 79.6 Å². The molecule has 0 saturated heterocycles. The second-order valence-electron chi connectivity index (χ2n) is 8.08. The van der Waals surface area contributed by atoms with E-state index in [4.69, 9.17) is 11.6 Å². The highest BCUT2D eigenvalue weighted by atomic mass is 35.5. The number of nitrogens with zero attached hydrogens (tertiary/aromatic N) is 1. The fourth-order valence-electron chi connectivity index (χ4n) is 3.67. The monoisotopic (exact) mass is 503 g/mol. The highest BCUT2D eigenvalue weighted by Crippen LogP contribution is 2.33. The molecule has 3 aromatic carbocycles. The Morgan fingerprint density at radius 3 is 2.08 bits per heavy atom. The second-order valence-corrected chi connectivity index (χ2v) is 8.46. The number of hydrogen-bond donors (Lipinski definition) is 2. The SMILES string of the molecule is COC(=O)c1ccc(NC(=O)c2ccc(NC3=C(Cl)C(=O)N(c4cccc(C)c4C)C3=O)cc2)cc1. The topological polar surface area (TPSA) is 105 Å². The normalized spacial score (nSPS) is 13.2. The van der Waals surface area contributed by atoms with Gasteiger partial charge in [-0.2, -0.15) is 0 Å². The third kappa shape index (κ3) is 4.71. The number of esters is 1. The first-order valence-electron chi connectivity index (χ1n) is 10.9. The summed E-state index contributed by atoms with van der Waals surface area (Å²) in [7, 11) is 1.29. The number of anilines is 3. The molecule has 0 radical (unpaired) electrons. The van der Waals surface area contributed by atoms with Crippen molar-refractivity contribution in [3.05, 3.63) is 99.7 Å². The Labute approximate surface area is 212 Å². The number of methoxy groups -OCH3 is 1. The number of nitrogens with one attached hydrogen (secondary N) is 2. The van der Waals surface area contributed by atoms with Gasteiger partial charge in [-0.15, -0.1) is 0 Å². The van der Waals surface area contributed by atoms with Gasteiger partial charge >= 0.3 is 5.97 Å². The summed E-state index contributed by atoms with van der Waals surface area (Å²) in [5, 5.41) is 5.43. The van der Waals surface area contributed by atoms with Gasteiger partial charge in [0.15, 0.2) is 0 Å². The lowest BCUT2D eigenvalue weighted by Crippen LogP contribution is -2.33. The molecular weight excluding hydrogens is 482 g/mol. The van der Waals surface area contributed by atoms with Gasteiger partial charge in [-0.1, -0.05) is 23.7 Å². The van der Waals surface area contributed by atoms with Crippen molar-refractivity contribution in [2.24, 2.45) is 0 Å². The number of carbonyl (C=O) groups excluding carboxylic acids is 4. The van der Waals surface area contributed by atoms with Gasteiger partial charge < -0.3 is 15.4 Å². The molecule has 0 aromatic heterocycles. The average Bonchev–Trinajstić information content (AvgIpc) is 3.09. The summed E-state index contributed by atoms with van der Waals surface area (Å²) in [4.78, 5) is 51.0. The number of ether oxygens (including phenoxy) is 1. The van der Waals surface area contributed by atoms with Crippen LogP contribution in [0.4, 0.5) is 17.1 Å². The molecule has 8 nitrogen and oxygen atoms in total. The number of imide groups is 1. The van der Waals surface area contributed by atoms with Crippen molar-refractivity contribution in [1.29, 1.82) is 0 Å². The van der Waals surface area contributed by atoms with Gasteiger partial charge in [0.05, 0.1) is 18.4 Å². The molecule has 182 valence electrons. The van der Waals surface area contributed by atoms with Crippen LogP contribution < -0.4 is 15.5 Å². The van der Waals surface area contributed by atoms with Crippen LogP contribution in [0.1, 0.15) is 31.8 Å². The lowest BCUT2D eigenvalue weighted by Gasteiger charge is -2.18. The molecule has 0 saturated carbocycles. The summed E-state index contributed by atoms with van der Waals surface area (Å²) >= 11 is 6.23. The zero-order valence-corrected chi connectivity index (χ0v) is 20.5. The molecule has 0 atom stereocenters. The minimum Gasteiger partial charge on any atom is -0.465 e. The van der Waals surface area contributed by atoms with Gasteiger partial charge in [-0.3, -0.25) is 14.4 Å². The van der Waals surface area contributed by atoms with Gasteiger partial charge in [-0.25, -0.2) is 9.69 Å². The van der Waals surface area contributed by atoms with E-state index in [1.54, 1.807) is 60.7 Å². The van der Waals surface area contributed by atoms with Crippen LogP contribution in [0.2, 0.25) is 0 Å². The number of benzene rings is 3. The quantitative estimate of drug-likeness (QED) is 0.370. The van der Waals surface area contributed by atoms with E-state index in [0.29, 0.717) is 28.2 Å². The Kier molecular flexibility index (Phi) is 6.89. The molecule has 3 amide bonds. The fourth-order valence-corrected chi connectivity index (χ4v) is 3.88. The molecule has 9 heteroatoms. The van der Waals surface area contributed by atoms with Crippen molar-refractivity contribution >= 4 is 52.4 Å². The number of amides is 3. The molecule has 1 aliphatic rings. The zero-order chi connectivity index (χ0) is 26.0. The number of halogens is 1. The third-order valence-corrected chi connectivity index (χ3v) is 6.18. The summed E-state index contributed by atoms with van der Waals surface area (Å²) < 4.78 is 4.66. The van der Waals surface area contributed by atoms with E-state index >= 15 is 0 Å². The first-order chi connectivity index (χ1) is 17.2. The summed E-state index contributed by atoms with van der Waals surface area (Å²) in [6.07, 6.45) is 0. The van der Waals surface area contributed by atoms with E-state index in [1.807, 2.05) is 19.9 Å². The molecule has 0 bridgehead atoms. The maximum absolute atomic E-state index is 13.1. The van der Waals surface area contributed by atoms with Gasteiger partial charge in [0.2, 0.25) is 0 Å². The molecule has 36 heavy (non-hydrogen) atoms. The van der Waals surface area contributed by atoms with Crippen molar-refractivity contribution in [2.45, 2.75) is 13.8 Å². The van der Waals surface area contributed by atoms with Crippen LogP contribution in [0.15, 0.2) is 77.5 Å². The van der Waals surface area contributed by atoms with Crippen LogP contribution in [0, 0.1) is 13.8 Å². The maximum Gasteiger partial charge on any atom is 0.337 e. The molecule has 1 heterocycles. The lowest BCUT2D eigenvalue weighted by molar-refractivity contribution is -0.120. The number of carbonyl (C=O) groups is 4. The highest BCUT2D eigenvalue weighted by Gasteiger charge is 2.39. The first kappa shape index (κ1) is 24.7. The Morgan fingerprint density at radius 1 is 0.833 bits per heavy atom. The van der Waals surface area contributed by atoms with Crippen LogP contribution in [0.3, 0.4) is 0 Å².